The fourth-order valence-corrected chi connectivity index (χ4v) is 6.22. The molecule has 4 rings (SSSR count). The molecule has 3 heterocycles. The van der Waals surface area contributed by atoms with Crippen LogP contribution in [0, 0.1) is 0 Å². The van der Waals surface area contributed by atoms with E-state index in [-0.39, 0.29) is 6.04 Å². The Hall–Kier alpha value is -1.96. The predicted molar refractivity (Wildman–Crippen MR) is 108 cm³/mol. The van der Waals surface area contributed by atoms with Gasteiger partial charge in [0.2, 0.25) is 10.0 Å². The van der Waals surface area contributed by atoms with Crippen LogP contribution < -0.4 is 0 Å². The van der Waals surface area contributed by atoms with Gasteiger partial charge in [-0.05, 0) is 36.8 Å². The van der Waals surface area contributed by atoms with Gasteiger partial charge in [-0.1, -0.05) is 42.8 Å². The van der Waals surface area contributed by atoms with Crippen LogP contribution in [0.5, 0.6) is 0 Å². The summed E-state index contributed by atoms with van der Waals surface area (Å²) >= 11 is 1.51. The Morgan fingerprint density at radius 2 is 1.96 bits per heavy atom. The molecule has 0 saturated carbocycles. The molecule has 0 N–H and O–H groups in total. The minimum absolute atomic E-state index is 0.0254. The molecule has 7 heteroatoms. The lowest BCUT2D eigenvalue weighted by Gasteiger charge is -2.32. The van der Waals surface area contributed by atoms with Crippen LogP contribution in [0.1, 0.15) is 31.7 Å². The lowest BCUT2D eigenvalue weighted by atomic mass is 10.1. The summed E-state index contributed by atoms with van der Waals surface area (Å²) in [5, 5.41) is 6.61. The molecule has 0 radical (unpaired) electrons. The first-order valence-corrected chi connectivity index (χ1v) is 11.5. The van der Waals surface area contributed by atoms with Crippen LogP contribution in [0.2, 0.25) is 0 Å². The Kier molecular flexibility index (Phi) is 5.16. The molecular formula is C20H23N3O2S2. The van der Waals surface area contributed by atoms with Gasteiger partial charge in [-0.3, -0.25) is 4.68 Å². The number of piperidine rings is 1. The highest BCUT2D eigenvalue weighted by atomic mass is 32.2. The molecular weight excluding hydrogens is 378 g/mol. The van der Waals surface area contributed by atoms with E-state index in [4.69, 9.17) is 0 Å². The highest BCUT2D eigenvalue weighted by molar-refractivity contribution is 7.89. The van der Waals surface area contributed by atoms with Crippen molar-refractivity contribution in [1.82, 2.24) is 14.1 Å². The maximum absolute atomic E-state index is 13.5. The summed E-state index contributed by atoms with van der Waals surface area (Å²) in [6, 6.07) is 13.8. The zero-order chi connectivity index (χ0) is 18.9. The number of sulfonamides is 1. The normalized spacial score (nSPS) is 18.6. The molecule has 1 atom stereocenters. The molecule has 5 nitrogen and oxygen atoms in total. The highest BCUT2D eigenvalue weighted by Gasteiger charge is 2.34. The van der Waals surface area contributed by atoms with Crippen molar-refractivity contribution in [2.75, 3.05) is 6.54 Å². The number of hydrogen-bond donors (Lipinski definition) is 0. The van der Waals surface area contributed by atoms with Crippen molar-refractivity contribution in [3.63, 3.8) is 0 Å². The van der Waals surface area contributed by atoms with Crippen molar-refractivity contribution in [2.24, 2.45) is 0 Å². The summed E-state index contributed by atoms with van der Waals surface area (Å²) in [4.78, 5) is 1.19. The van der Waals surface area contributed by atoms with Crippen molar-refractivity contribution in [2.45, 2.75) is 43.7 Å². The van der Waals surface area contributed by atoms with Crippen LogP contribution >= 0.6 is 11.3 Å². The second kappa shape index (κ2) is 7.58. The molecule has 0 amide bonds. The molecule has 1 fully saturated rings. The van der Waals surface area contributed by atoms with Gasteiger partial charge >= 0.3 is 0 Å². The summed E-state index contributed by atoms with van der Waals surface area (Å²) < 4.78 is 30.3. The Morgan fingerprint density at radius 1 is 1.15 bits per heavy atom. The van der Waals surface area contributed by atoms with Crippen LogP contribution in [-0.2, 0) is 16.6 Å². The van der Waals surface area contributed by atoms with Gasteiger partial charge in [0.1, 0.15) is 10.6 Å². The standard InChI is InChI=1S/C20H23N3O2S2/c1-16-8-5-6-12-23(16)27(24,25)19-15-22(14-17-9-3-2-4-10-17)21-20(19)18-11-7-13-26-18/h2-4,7,9-11,13,15-16H,5-6,8,12,14H2,1H3. The molecule has 142 valence electrons. The van der Waals surface area contributed by atoms with Gasteiger partial charge < -0.3 is 0 Å². The van der Waals surface area contributed by atoms with Crippen molar-refractivity contribution >= 4 is 21.4 Å². The lowest BCUT2D eigenvalue weighted by Crippen LogP contribution is -2.41. The van der Waals surface area contributed by atoms with E-state index in [0.717, 1.165) is 29.7 Å². The van der Waals surface area contributed by atoms with Crippen molar-refractivity contribution < 1.29 is 8.42 Å². The van der Waals surface area contributed by atoms with Crippen molar-refractivity contribution in [3.8, 4) is 10.6 Å². The maximum atomic E-state index is 13.5. The first-order valence-electron chi connectivity index (χ1n) is 9.23. The fraction of sp³-hybridized carbons (Fsp3) is 0.350. The van der Waals surface area contributed by atoms with Crippen LogP contribution in [-0.4, -0.2) is 35.1 Å². The third kappa shape index (κ3) is 3.72. The van der Waals surface area contributed by atoms with Crippen molar-refractivity contribution in [3.05, 3.63) is 59.6 Å². The second-order valence-electron chi connectivity index (χ2n) is 6.96. The maximum Gasteiger partial charge on any atom is 0.247 e. The zero-order valence-corrected chi connectivity index (χ0v) is 16.9. The van der Waals surface area contributed by atoms with Gasteiger partial charge in [-0.2, -0.15) is 9.40 Å². The largest absolute Gasteiger partial charge is 0.266 e. The lowest BCUT2D eigenvalue weighted by molar-refractivity contribution is 0.269. The molecule has 1 unspecified atom stereocenters. The van der Waals surface area contributed by atoms with Crippen LogP contribution in [0.3, 0.4) is 0 Å². The van der Waals surface area contributed by atoms with Gasteiger partial charge in [-0.15, -0.1) is 11.3 Å². The van der Waals surface area contributed by atoms with E-state index in [2.05, 4.69) is 5.10 Å². The average Bonchev–Trinajstić information content (AvgIpc) is 3.32. The van der Waals surface area contributed by atoms with Crippen LogP contribution in [0.15, 0.2) is 58.9 Å². The molecule has 0 aliphatic carbocycles. The fourth-order valence-electron chi connectivity index (χ4n) is 3.58. The number of nitrogens with zero attached hydrogens (tertiary/aromatic N) is 3. The first kappa shape index (κ1) is 18.4. The number of benzene rings is 1. The second-order valence-corrected chi connectivity index (χ2v) is 9.77. The summed E-state index contributed by atoms with van der Waals surface area (Å²) in [5.74, 6) is 0. The van der Waals surface area contributed by atoms with Crippen molar-refractivity contribution in [1.29, 1.82) is 0 Å². The smallest absolute Gasteiger partial charge is 0.247 e. The topological polar surface area (TPSA) is 55.2 Å². The van der Waals surface area contributed by atoms with E-state index in [1.165, 1.54) is 11.3 Å². The summed E-state index contributed by atoms with van der Waals surface area (Å²) in [6.07, 6.45) is 4.60. The van der Waals surface area contributed by atoms with Gasteiger partial charge in [0.25, 0.3) is 0 Å². The molecule has 0 bridgehead atoms. The SMILES string of the molecule is CC1CCCCN1S(=O)(=O)c1cn(Cc2ccccc2)nc1-c1cccs1. The molecule has 1 aliphatic rings. The van der Waals surface area contributed by atoms with Crippen LogP contribution in [0.25, 0.3) is 10.6 Å². The molecule has 27 heavy (non-hydrogen) atoms. The van der Waals surface area contributed by atoms with Crippen LogP contribution in [0.4, 0.5) is 0 Å². The van der Waals surface area contributed by atoms with E-state index in [9.17, 15) is 8.42 Å². The molecule has 0 spiro atoms. The zero-order valence-electron chi connectivity index (χ0n) is 15.3. The number of rotatable bonds is 5. The molecule has 1 aliphatic heterocycles. The van der Waals surface area contributed by atoms with E-state index in [0.29, 0.717) is 23.7 Å². The molecule has 3 aromatic rings. The highest BCUT2D eigenvalue weighted by Crippen LogP contribution is 2.33. The monoisotopic (exact) mass is 401 g/mol. The predicted octanol–water partition coefficient (Wildman–Crippen LogP) is 4.22. The number of thiophene rings is 1. The number of aromatic nitrogens is 2. The van der Waals surface area contributed by atoms with Gasteiger partial charge in [0.05, 0.1) is 11.4 Å². The minimum Gasteiger partial charge on any atom is -0.266 e. The quantitative estimate of drug-likeness (QED) is 0.643. The molecule has 1 saturated heterocycles. The summed E-state index contributed by atoms with van der Waals surface area (Å²) in [5.41, 5.74) is 1.65. The average molecular weight is 402 g/mol. The first-order chi connectivity index (χ1) is 13.1. The van der Waals surface area contributed by atoms with Gasteiger partial charge in [-0.25, -0.2) is 8.42 Å². The third-order valence-corrected chi connectivity index (χ3v) is 7.89. The Bertz CT molecular complexity index is 995. The van der Waals surface area contributed by atoms with E-state index >= 15 is 0 Å². The van der Waals surface area contributed by atoms with E-state index in [1.807, 2.05) is 54.8 Å². The molecule has 1 aromatic carbocycles. The van der Waals surface area contributed by atoms with Gasteiger partial charge in [0, 0.05) is 18.8 Å². The van der Waals surface area contributed by atoms with Gasteiger partial charge in [0.15, 0.2) is 0 Å². The minimum atomic E-state index is -3.58. The summed E-state index contributed by atoms with van der Waals surface area (Å²) in [6.45, 7) is 3.12. The Labute approximate surface area is 164 Å². The number of hydrogen-bond acceptors (Lipinski definition) is 4. The molecule has 2 aromatic heterocycles. The Morgan fingerprint density at radius 3 is 2.67 bits per heavy atom. The van der Waals surface area contributed by atoms with E-state index < -0.39 is 10.0 Å². The summed E-state index contributed by atoms with van der Waals surface area (Å²) in [7, 11) is -3.58. The third-order valence-electron chi connectivity index (χ3n) is 5.00. The van der Waals surface area contributed by atoms with E-state index in [1.54, 1.807) is 15.2 Å². The Balaban J connectivity index is 1.76.